The second-order valence-corrected chi connectivity index (χ2v) is 6.11. The van der Waals surface area contributed by atoms with Crippen molar-refractivity contribution in [3.63, 3.8) is 0 Å². The number of amides is 1. The lowest BCUT2D eigenvalue weighted by Crippen LogP contribution is -2.52. The number of anilines is 1. The molecule has 0 aromatic carbocycles. The highest BCUT2D eigenvalue weighted by Gasteiger charge is 2.33. The van der Waals surface area contributed by atoms with Crippen LogP contribution >= 0.6 is 0 Å². The molecule has 124 valence electrons. The zero-order chi connectivity index (χ0) is 17.1. The number of piperidine rings is 1. The Balaban J connectivity index is 1.89. The van der Waals surface area contributed by atoms with E-state index in [9.17, 15) is 4.79 Å². The molecular weight excluding hydrogens is 302 g/mol. The summed E-state index contributed by atoms with van der Waals surface area (Å²) in [5, 5.41) is 9.84. The fraction of sp³-hybridized carbons (Fsp3) is 0.389. The summed E-state index contributed by atoms with van der Waals surface area (Å²) < 4.78 is 0. The molecule has 0 spiro atoms. The molecule has 0 saturated carbocycles. The normalized spacial score (nSPS) is 20.6. The second kappa shape index (κ2) is 6.75. The van der Waals surface area contributed by atoms with Crippen LogP contribution in [0.4, 0.5) is 5.69 Å². The largest absolute Gasteiger partial charge is 0.369 e. The summed E-state index contributed by atoms with van der Waals surface area (Å²) in [4.78, 5) is 23.6. The lowest BCUT2D eigenvalue weighted by atomic mass is 9.90. The van der Waals surface area contributed by atoms with E-state index in [1.165, 1.54) is 0 Å². The molecule has 0 aliphatic carbocycles. The van der Waals surface area contributed by atoms with Gasteiger partial charge in [0.15, 0.2) is 0 Å². The maximum atomic E-state index is 12.1. The molecule has 24 heavy (non-hydrogen) atoms. The number of carbonyl (C=O) groups is 1. The van der Waals surface area contributed by atoms with E-state index in [4.69, 9.17) is 5.26 Å². The Kier molecular flexibility index (Phi) is 4.52. The lowest BCUT2D eigenvalue weighted by Gasteiger charge is -2.42. The smallest absolute Gasteiger partial charge is 0.236 e. The van der Waals surface area contributed by atoms with Crippen molar-refractivity contribution < 1.29 is 4.79 Å². The van der Waals surface area contributed by atoms with E-state index in [1.54, 1.807) is 11.1 Å². The first-order chi connectivity index (χ1) is 11.7. The molecule has 1 unspecified atom stereocenters. The SMILES string of the molecule is C=C[C@@H]1CCN(C(=O)CC#N)CC1N(C)c1ccnc2[nH]ccc12. The second-order valence-electron chi connectivity index (χ2n) is 6.11. The van der Waals surface area contributed by atoms with Crippen molar-refractivity contribution in [2.45, 2.75) is 18.9 Å². The van der Waals surface area contributed by atoms with Crippen LogP contribution in [0.1, 0.15) is 12.8 Å². The molecule has 0 radical (unpaired) electrons. The van der Waals surface area contributed by atoms with E-state index in [0.717, 1.165) is 23.1 Å². The number of aromatic nitrogens is 2. The van der Waals surface area contributed by atoms with Crippen LogP contribution < -0.4 is 4.90 Å². The van der Waals surface area contributed by atoms with Crippen LogP contribution in [-0.2, 0) is 4.79 Å². The molecule has 2 atom stereocenters. The average molecular weight is 323 g/mol. The number of H-pyrrole nitrogens is 1. The van der Waals surface area contributed by atoms with Gasteiger partial charge in [-0.1, -0.05) is 6.08 Å². The third-order valence-corrected chi connectivity index (χ3v) is 4.83. The highest BCUT2D eigenvalue weighted by Crippen LogP contribution is 2.30. The summed E-state index contributed by atoms with van der Waals surface area (Å²) >= 11 is 0. The summed E-state index contributed by atoms with van der Waals surface area (Å²) in [6.07, 6.45) is 6.44. The van der Waals surface area contributed by atoms with E-state index in [1.807, 2.05) is 37.5 Å². The summed E-state index contributed by atoms with van der Waals surface area (Å²) in [5.74, 6) is 0.197. The van der Waals surface area contributed by atoms with Gasteiger partial charge >= 0.3 is 0 Å². The van der Waals surface area contributed by atoms with Crippen molar-refractivity contribution in [2.75, 3.05) is 25.0 Å². The molecule has 1 amide bonds. The molecule has 6 nitrogen and oxygen atoms in total. The van der Waals surface area contributed by atoms with Crippen LogP contribution in [-0.4, -0.2) is 47.0 Å². The zero-order valence-corrected chi connectivity index (χ0v) is 13.8. The van der Waals surface area contributed by atoms with Gasteiger partial charge < -0.3 is 14.8 Å². The van der Waals surface area contributed by atoms with Crippen molar-refractivity contribution in [2.24, 2.45) is 5.92 Å². The van der Waals surface area contributed by atoms with Crippen molar-refractivity contribution >= 4 is 22.6 Å². The Morgan fingerprint density at radius 2 is 2.46 bits per heavy atom. The summed E-state index contributed by atoms with van der Waals surface area (Å²) in [7, 11) is 2.04. The average Bonchev–Trinajstić information content (AvgIpc) is 3.09. The minimum absolute atomic E-state index is 0.0630. The number of aromatic amines is 1. The van der Waals surface area contributed by atoms with Crippen molar-refractivity contribution in [1.82, 2.24) is 14.9 Å². The van der Waals surface area contributed by atoms with Crippen LogP contribution in [0, 0.1) is 17.2 Å². The number of nitrogens with zero attached hydrogens (tertiary/aromatic N) is 4. The fourth-order valence-electron chi connectivity index (χ4n) is 3.47. The molecule has 3 heterocycles. The van der Waals surface area contributed by atoms with Gasteiger partial charge in [-0.05, 0) is 18.6 Å². The monoisotopic (exact) mass is 323 g/mol. The molecule has 6 heteroatoms. The Morgan fingerprint density at radius 3 is 3.21 bits per heavy atom. The van der Waals surface area contributed by atoms with Crippen molar-refractivity contribution in [3.8, 4) is 6.07 Å². The summed E-state index contributed by atoms with van der Waals surface area (Å²) in [6, 6.07) is 6.08. The standard InChI is InChI=1S/C18H21N5O/c1-3-13-7-11-23(17(24)4-8-19)12-16(13)22(2)15-6-10-21-18-14(15)5-9-20-18/h3,5-6,9-10,13,16H,1,4,7,11-12H2,2H3,(H,20,21)/t13-,16?/m1/s1. The molecule has 1 saturated heterocycles. The van der Waals surface area contributed by atoms with Gasteiger partial charge in [0.05, 0.1) is 12.1 Å². The van der Waals surface area contributed by atoms with Crippen LogP contribution in [0.5, 0.6) is 0 Å². The van der Waals surface area contributed by atoms with Crippen LogP contribution in [0.3, 0.4) is 0 Å². The number of hydrogen-bond donors (Lipinski definition) is 1. The van der Waals surface area contributed by atoms with Crippen LogP contribution in [0.25, 0.3) is 11.0 Å². The lowest BCUT2D eigenvalue weighted by molar-refractivity contribution is -0.131. The summed E-state index contributed by atoms with van der Waals surface area (Å²) in [5.41, 5.74) is 1.93. The zero-order valence-electron chi connectivity index (χ0n) is 13.8. The molecule has 1 fully saturated rings. The highest BCUT2D eigenvalue weighted by molar-refractivity contribution is 5.89. The third kappa shape index (κ3) is 2.85. The molecule has 1 aliphatic rings. The van der Waals surface area contributed by atoms with Gasteiger partial charge in [-0.15, -0.1) is 6.58 Å². The fourth-order valence-corrected chi connectivity index (χ4v) is 3.47. The molecule has 1 N–H and O–H groups in total. The first-order valence-electron chi connectivity index (χ1n) is 8.08. The minimum Gasteiger partial charge on any atom is -0.369 e. The van der Waals surface area contributed by atoms with Crippen LogP contribution in [0.15, 0.2) is 37.2 Å². The number of carbonyl (C=O) groups excluding carboxylic acids is 1. The van der Waals surface area contributed by atoms with Crippen LogP contribution in [0.2, 0.25) is 0 Å². The Labute approximate surface area is 141 Å². The quantitative estimate of drug-likeness (QED) is 0.876. The maximum absolute atomic E-state index is 12.1. The van der Waals surface area contributed by atoms with Gasteiger partial charge in [-0.25, -0.2) is 4.98 Å². The van der Waals surface area contributed by atoms with Gasteiger partial charge in [0, 0.05) is 49.5 Å². The summed E-state index contributed by atoms with van der Waals surface area (Å²) in [6.45, 7) is 5.25. The van der Waals surface area contributed by atoms with E-state index < -0.39 is 0 Å². The first kappa shape index (κ1) is 16.1. The molecule has 3 rings (SSSR count). The number of likely N-dealkylation sites (N-methyl/N-ethyl adjacent to an activating group) is 1. The number of hydrogen-bond acceptors (Lipinski definition) is 4. The first-order valence-corrected chi connectivity index (χ1v) is 8.08. The van der Waals surface area contributed by atoms with E-state index >= 15 is 0 Å². The Morgan fingerprint density at radius 1 is 1.62 bits per heavy atom. The highest BCUT2D eigenvalue weighted by atomic mass is 16.2. The minimum atomic E-state index is -0.0973. The van der Waals surface area contributed by atoms with Gasteiger partial charge in [-0.2, -0.15) is 5.26 Å². The van der Waals surface area contributed by atoms with Gasteiger partial charge in [-0.3, -0.25) is 4.79 Å². The van der Waals surface area contributed by atoms with Gasteiger partial charge in [0.25, 0.3) is 0 Å². The van der Waals surface area contributed by atoms with Gasteiger partial charge in [0.1, 0.15) is 12.1 Å². The number of nitrogens with one attached hydrogen (secondary N) is 1. The molecule has 0 bridgehead atoms. The number of nitriles is 1. The predicted octanol–water partition coefficient (Wildman–Crippen LogP) is 2.32. The van der Waals surface area contributed by atoms with E-state index in [0.29, 0.717) is 19.0 Å². The van der Waals surface area contributed by atoms with Gasteiger partial charge in [0.2, 0.25) is 5.91 Å². The molecule has 2 aromatic heterocycles. The van der Waals surface area contributed by atoms with Crippen molar-refractivity contribution in [1.29, 1.82) is 5.26 Å². The predicted molar refractivity (Wildman–Crippen MR) is 93.4 cm³/mol. The number of fused-ring (bicyclic) bond motifs is 1. The third-order valence-electron chi connectivity index (χ3n) is 4.83. The molecule has 1 aliphatic heterocycles. The molecule has 2 aromatic rings. The number of rotatable bonds is 4. The van der Waals surface area contributed by atoms with E-state index in [-0.39, 0.29) is 18.4 Å². The Bertz CT molecular complexity index is 790. The topological polar surface area (TPSA) is 76.0 Å². The Hall–Kier alpha value is -2.81. The number of pyridine rings is 1. The number of likely N-dealkylation sites (tertiary alicyclic amines) is 1. The van der Waals surface area contributed by atoms with Crippen molar-refractivity contribution in [3.05, 3.63) is 37.2 Å². The molecular formula is C18H21N5O. The van der Waals surface area contributed by atoms with E-state index in [2.05, 4.69) is 21.4 Å². The maximum Gasteiger partial charge on any atom is 0.236 e.